The van der Waals surface area contributed by atoms with Gasteiger partial charge in [0, 0.05) is 0 Å². The normalized spacial score (nSPS) is 12.4. The van der Waals surface area contributed by atoms with Gasteiger partial charge >= 0.3 is 6.18 Å². The number of hydrogen-bond acceptors (Lipinski definition) is 5. The molecular formula is C23H25F3N4O2S. The molecule has 0 radical (unpaired) electrons. The fourth-order valence-corrected chi connectivity index (χ4v) is 3.99. The van der Waals surface area contributed by atoms with Crippen LogP contribution >= 0.6 is 11.8 Å². The van der Waals surface area contributed by atoms with Crippen LogP contribution in [-0.4, -0.2) is 39.1 Å². The van der Waals surface area contributed by atoms with Crippen molar-refractivity contribution in [3.05, 3.63) is 71.5 Å². The van der Waals surface area contributed by atoms with Crippen molar-refractivity contribution in [2.45, 2.75) is 44.2 Å². The maximum Gasteiger partial charge on any atom is 0.405 e. The number of thioether (sulfide) groups is 1. The number of benzene rings is 2. The van der Waals surface area contributed by atoms with Crippen LogP contribution in [0.3, 0.4) is 0 Å². The Balaban J connectivity index is 1.76. The van der Waals surface area contributed by atoms with E-state index in [0.717, 1.165) is 23.7 Å². The van der Waals surface area contributed by atoms with Crippen molar-refractivity contribution in [1.82, 2.24) is 20.1 Å². The fourth-order valence-electron chi connectivity index (χ4n) is 3.12. The molecule has 1 unspecified atom stereocenters. The number of alkyl halides is 3. The van der Waals surface area contributed by atoms with E-state index in [1.165, 1.54) is 5.56 Å². The number of halogens is 3. The van der Waals surface area contributed by atoms with Crippen LogP contribution in [0, 0.1) is 0 Å². The van der Waals surface area contributed by atoms with Crippen molar-refractivity contribution in [2.24, 2.45) is 0 Å². The van der Waals surface area contributed by atoms with Crippen molar-refractivity contribution in [3.8, 4) is 5.75 Å². The summed E-state index contributed by atoms with van der Waals surface area (Å²) in [6.07, 6.45) is -3.53. The maximum absolute atomic E-state index is 12.3. The SMILES string of the molecule is CCc1ccc(OCc2nnc(SCC(=O)NCC(F)(F)F)n2C(C)c2ccccc2)cc1. The third kappa shape index (κ3) is 7.24. The minimum atomic E-state index is -4.46. The van der Waals surface area contributed by atoms with Crippen molar-refractivity contribution in [3.63, 3.8) is 0 Å². The number of rotatable bonds is 10. The summed E-state index contributed by atoms with van der Waals surface area (Å²) in [5.74, 6) is 0.293. The molecule has 1 N–H and O–H groups in total. The van der Waals surface area contributed by atoms with Gasteiger partial charge in [-0.05, 0) is 36.6 Å². The zero-order chi connectivity index (χ0) is 23.8. The van der Waals surface area contributed by atoms with Gasteiger partial charge in [-0.15, -0.1) is 10.2 Å². The number of hydrogen-bond donors (Lipinski definition) is 1. The number of aryl methyl sites for hydroxylation is 1. The quantitative estimate of drug-likeness (QED) is 0.424. The Morgan fingerprint density at radius 3 is 2.45 bits per heavy atom. The molecular weight excluding hydrogens is 453 g/mol. The van der Waals surface area contributed by atoms with E-state index in [2.05, 4.69) is 17.1 Å². The van der Waals surface area contributed by atoms with Gasteiger partial charge in [-0.1, -0.05) is 61.2 Å². The third-order valence-corrected chi connectivity index (χ3v) is 5.87. The Morgan fingerprint density at radius 2 is 1.82 bits per heavy atom. The molecule has 1 aromatic heterocycles. The minimum absolute atomic E-state index is 0.149. The number of carbonyl (C=O) groups excluding carboxylic acids is 1. The average molecular weight is 479 g/mol. The lowest BCUT2D eigenvalue weighted by Crippen LogP contribution is -2.34. The molecule has 3 rings (SSSR count). The summed E-state index contributed by atoms with van der Waals surface area (Å²) in [5.41, 5.74) is 2.19. The standard InChI is InChI=1S/C23H25F3N4O2S/c1-3-17-9-11-19(12-10-17)32-13-20-28-29-22(33-14-21(31)27-15-23(24,25)26)30(20)16(2)18-7-5-4-6-8-18/h4-12,16H,3,13-15H2,1-2H3,(H,27,31). The Labute approximate surface area is 194 Å². The van der Waals surface area contributed by atoms with Crippen molar-refractivity contribution in [1.29, 1.82) is 0 Å². The molecule has 0 bridgehead atoms. The van der Waals surface area contributed by atoms with Crippen LogP contribution in [0.5, 0.6) is 5.75 Å². The summed E-state index contributed by atoms with van der Waals surface area (Å²) in [6.45, 7) is 2.82. The Kier molecular flexibility index (Phi) is 8.37. The lowest BCUT2D eigenvalue weighted by Gasteiger charge is -2.19. The summed E-state index contributed by atoms with van der Waals surface area (Å²) in [7, 11) is 0. The maximum atomic E-state index is 12.3. The molecule has 3 aromatic rings. The number of ether oxygens (including phenoxy) is 1. The predicted octanol–water partition coefficient (Wildman–Crippen LogP) is 4.80. The number of amides is 1. The molecule has 0 aliphatic rings. The second-order valence-electron chi connectivity index (χ2n) is 7.32. The van der Waals surface area contributed by atoms with E-state index >= 15 is 0 Å². The van der Waals surface area contributed by atoms with Gasteiger partial charge in [-0.3, -0.25) is 9.36 Å². The van der Waals surface area contributed by atoms with Crippen molar-refractivity contribution < 1.29 is 22.7 Å². The van der Waals surface area contributed by atoms with Crippen LogP contribution in [-0.2, 0) is 17.8 Å². The lowest BCUT2D eigenvalue weighted by molar-refractivity contribution is -0.136. The zero-order valence-electron chi connectivity index (χ0n) is 18.3. The summed E-state index contributed by atoms with van der Waals surface area (Å²) < 4.78 is 44.8. The van der Waals surface area contributed by atoms with Crippen molar-refractivity contribution >= 4 is 17.7 Å². The monoisotopic (exact) mass is 478 g/mol. The summed E-state index contributed by atoms with van der Waals surface area (Å²) >= 11 is 1.03. The third-order valence-electron chi connectivity index (χ3n) is 4.92. The number of aromatic nitrogens is 3. The largest absolute Gasteiger partial charge is 0.486 e. The molecule has 0 aliphatic heterocycles. The van der Waals surface area contributed by atoms with Gasteiger partial charge in [0.2, 0.25) is 5.91 Å². The van der Waals surface area contributed by atoms with Gasteiger partial charge in [0.25, 0.3) is 0 Å². The van der Waals surface area contributed by atoms with Gasteiger partial charge in [0.05, 0.1) is 11.8 Å². The second kappa shape index (κ2) is 11.2. The first kappa shape index (κ1) is 24.6. The Bertz CT molecular complexity index is 1040. The molecule has 10 heteroatoms. The fraction of sp³-hybridized carbons (Fsp3) is 0.348. The van der Waals surface area contributed by atoms with E-state index in [0.29, 0.717) is 16.7 Å². The number of carbonyl (C=O) groups is 1. The Morgan fingerprint density at radius 1 is 1.12 bits per heavy atom. The molecule has 33 heavy (non-hydrogen) atoms. The molecule has 1 atom stereocenters. The first-order chi connectivity index (χ1) is 15.8. The van der Waals surface area contributed by atoms with Gasteiger partial charge in [-0.25, -0.2) is 0 Å². The second-order valence-corrected chi connectivity index (χ2v) is 8.26. The highest BCUT2D eigenvalue weighted by atomic mass is 32.2. The number of nitrogens with one attached hydrogen (secondary N) is 1. The van der Waals surface area contributed by atoms with E-state index in [9.17, 15) is 18.0 Å². The molecule has 1 amide bonds. The van der Waals surface area contributed by atoms with Crippen LogP contribution in [0.25, 0.3) is 0 Å². The Hall–Kier alpha value is -3.01. The van der Waals surface area contributed by atoms with Crippen molar-refractivity contribution in [2.75, 3.05) is 12.3 Å². The minimum Gasteiger partial charge on any atom is -0.486 e. The average Bonchev–Trinajstić information content (AvgIpc) is 3.22. The van der Waals surface area contributed by atoms with E-state index < -0.39 is 18.6 Å². The van der Waals surface area contributed by atoms with E-state index in [-0.39, 0.29) is 18.4 Å². The summed E-state index contributed by atoms with van der Waals surface area (Å²) in [5, 5.41) is 10.7. The first-order valence-electron chi connectivity index (χ1n) is 10.4. The van der Waals surface area contributed by atoms with Crippen LogP contribution < -0.4 is 10.1 Å². The van der Waals surface area contributed by atoms with E-state index in [4.69, 9.17) is 4.74 Å². The molecule has 0 saturated carbocycles. The van der Waals surface area contributed by atoms with Gasteiger partial charge in [0.15, 0.2) is 11.0 Å². The highest BCUT2D eigenvalue weighted by Gasteiger charge is 2.28. The first-order valence-corrected chi connectivity index (χ1v) is 11.4. The predicted molar refractivity (Wildman–Crippen MR) is 120 cm³/mol. The molecule has 0 fully saturated rings. The summed E-state index contributed by atoms with van der Waals surface area (Å²) in [6, 6.07) is 17.3. The molecule has 0 spiro atoms. The molecule has 0 saturated heterocycles. The summed E-state index contributed by atoms with van der Waals surface area (Å²) in [4.78, 5) is 11.9. The van der Waals surface area contributed by atoms with Crippen LogP contribution in [0.4, 0.5) is 13.2 Å². The molecule has 176 valence electrons. The molecule has 1 heterocycles. The molecule has 2 aromatic carbocycles. The highest BCUT2D eigenvalue weighted by molar-refractivity contribution is 7.99. The topological polar surface area (TPSA) is 69.0 Å². The van der Waals surface area contributed by atoms with Crippen LogP contribution in [0.2, 0.25) is 0 Å². The van der Waals surface area contributed by atoms with Gasteiger partial charge in [-0.2, -0.15) is 13.2 Å². The van der Waals surface area contributed by atoms with Crippen LogP contribution in [0.1, 0.15) is 36.8 Å². The van der Waals surface area contributed by atoms with Crippen LogP contribution in [0.15, 0.2) is 59.8 Å². The molecule has 0 aliphatic carbocycles. The smallest absolute Gasteiger partial charge is 0.405 e. The highest BCUT2D eigenvalue weighted by Crippen LogP contribution is 2.27. The van der Waals surface area contributed by atoms with E-state index in [1.54, 1.807) is 0 Å². The number of nitrogens with zero attached hydrogens (tertiary/aromatic N) is 3. The zero-order valence-corrected chi connectivity index (χ0v) is 19.1. The van der Waals surface area contributed by atoms with E-state index in [1.807, 2.05) is 71.4 Å². The lowest BCUT2D eigenvalue weighted by atomic mass is 10.1. The van der Waals surface area contributed by atoms with Gasteiger partial charge < -0.3 is 10.1 Å². The van der Waals surface area contributed by atoms with Gasteiger partial charge in [0.1, 0.15) is 18.9 Å². The molecule has 6 nitrogen and oxygen atoms in total.